The molecule has 19 heavy (non-hydrogen) atoms. The van der Waals surface area contributed by atoms with Crippen LogP contribution in [0.2, 0.25) is 0 Å². The summed E-state index contributed by atoms with van der Waals surface area (Å²) in [7, 11) is 0. The molecule has 1 atom stereocenters. The van der Waals surface area contributed by atoms with E-state index < -0.39 is 0 Å². The maximum absolute atomic E-state index is 6.14. The van der Waals surface area contributed by atoms with E-state index in [1.54, 1.807) is 0 Å². The number of fused-ring (bicyclic) bond motifs is 1. The molecule has 0 saturated carbocycles. The molecule has 3 nitrogen and oxygen atoms in total. The number of benzene rings is 1. The van der Waals surface area contributed by atoms with E-state index in [-0.39, 0.29) is 6.04 Å². The van der Waals surface area contributed by atoms with E-state index in [1.807, 2.05) is 6.07 Å². The molecule has 0 aromatic heterocycles. The first-order valence-electron chi connectivity index (χ1n) is 7.25. The highest BCUT2D eigenvalue weighted by molar-refractivity contribution is 5.39. The normalized spacial score (nSPS) is 18.4. The van der Waals surface area contributed by atoms with Crippen molar-refractivity contribution in [3.8, 4) is 5.75 Å². The van der Waals surface area contributed by atoms with Crippen LogP contribution in [0.25, 0.3) is 0 Å². The second-order valence-electron chi connectivity index (χ2n) is 5.68. The summed E-state index contributed by atoms with van der Waals surface area (Å²) in [5, 5.41) is 0. The molecule has 0 heterocycles. The number of ether oxygens (including phenoxy) is 2. The Balaban J connectivity index is 1.83. The van der Waals surface area contributed by atoms with Gasteiger partial charge < -0.3 is 15.2 Å². The summed E-state index contributed by atoms with van der Waals surface area (Å²) in [4.78, 5) is 0. The third kappa shape index (κ3) is 4.22. The van der Waals surface area contributed by atoms with Crippen LogP contribution in [0.4, 0.5) is 0 Å². The third-order valence-corrected chi connectivity index (χ3v) is 3.43. The lowest BCUT2D eigenvalue weighted by molar-refractivity contribution is 0.0818. The van der Waals surface area contributed by atoms with E-state index in [0.717, 1.165) is 25.2 Å². The van der Waals surface area contributed by atoms with Gasteiger partial charge >= 0.3 is 0 Å². The van der Waals surface area contributed by atoms with Crippen molar-refractivity contribution in [1.29, 1.82) is 0 Å². The first-order chi connectivity index (χ1) is 9.16. The van der Waals surface area contributed by atoms with Crippen molar-refractivity contribution < 1.29 is 9.47 Å². The van der Waals surface area contributed by atoms with Crippen molar-refractivity contribution >= 4 is 0 Å². The Morgan fingerprint density at radius 3 is 2.95 bits per heavy atom. The summed E-state index contributed by atoms with van der Waals surface area (Å²) in [6, 6.07) is 6.46. The van der Waals surface area contributed by atoms with Crippen molar-refractivity contribution in [3.05, 3.63) is 29.3 Å². The summed E-state index contributed by atoms with van der Waals surface area (Å²) in [5.41, 5.74) is 8.78. The van der Waals surface area contributed by atoms with Crippen LogP contribution in [0.3, 0.4) is 0 Å². The first-order valence-corrected chi connectivity index (χ1v) is 7.25. The molecule has 0 radical (unpaired) electrons. The molecule has 1 aliphatic rings. The van der Waals surface area contributed by atoms with Gasteiger partial charge in [0.15, 0.2) is 0 Å². The molecular weight excluding hydrogens is 238 g/mol. The summed E-state index contributed by atoms with van der Waals surface area (Å²) < 4.78 is 11.2. The molecule has 0 spiro atoms. The monoisotopic (exact) mass is 263 g/mol. The molecular formula is C16H25NO2. The molecule has 1 aromatic carbocycles. The van der Waals surface area contributed by atoms with Crippen LogP contribution < -0.4 is 10.5 Å². The van der Waals surface area contributed by atoms with Gasteiger partial charge in [-0.15, -0.1) is 0 Å². The standard InChI is InChI=1S/C16H25NO2/c1-12(2)11-18-8-9-19-14-7-6-13-4-3-5-16(17)15(13)10-14/h6-7,10,12,16H,3-5,8-9,11,17H2,1-2H3. The van der Waals surface area contributed by atoms with E-state index in [1.165, 1.54) is 17.5 Å². The summed E-state index contributed by atoms with van der Waals surface area (Å²) in [5.74, 6) is 1.48. The third-order valence-electron chi connectivity index (χ3n) is 3.43. The van der Waals surface area contributed by atoms with Crippen molar-refractivity contribution in [2.24, 2.45) is 11.7 Å². The Kier molecular flexibility index (Phi) is 5.23. The van der Waals surface area contributed by atoms with Gasteiger partial charge in [-0.25, -0.2) is 0 Å². The minimum atomic E-state index is 0.171. The summed E-state index contributed by atoms with van der Waals surface area (Å²) >= 11 is 0. The molecule has 0 amide bonds. The molecule has 2 rings (SSSR count). The predicted molar refractivity (Wildman–Crippen MR) is 77.5 cm³/mol. The Morgan fingerprint density at radius 2 is 2.16 bits per heavy atom. The zero-order valence-corrected chi connectivity index (χ0v) is 12.0. The highest BCUT2D eigenvalue weighted by Gasteiger charge is 2.17. The average molecular weight is 263 g/mol. The fraction of sp³-hybridized carbons (Fsp3) is 0.625. The van der Waals surface area contributed by atoms with E-state index in [0.29, 0.717) is 19.1 Å². The molecule has 106 valence electrons. The lowest BCUT2D eigenvalue weighted by atomic mass is 9.88. The van der Waals surface area contributed by atoms with Crippen molar-refractivity contribution in [2.45, 2.75) is 39.2 Å². The molecule has 1 aromatic rings. The Bertz CT molecular complexity index is 404. The van der Waals surface area contributed by atoms with Crippen LogP contribution in [0, 0.1) is 5.92 Å². The average Bonchev–Trinajstić information content (AvgIpc) is 2.39. The topological polar surface area (TPSA) is 44.5 Å². The maximum atomic E-state index is 6.14. The van der Waals surface area contributed by atoms with E-state index in [9.17, 15) is 0 Å². The predicted octanol–water partition coefficient (Wildman–Crippen LogP) is 3.07. The van der Waals surface area contributed by atoms with Gasteiger partial charge in [-0.2, -0.15) is 0 Å². The lowest BCUT2D eigenvalue weighted by Crippen LogP contribution is -2.17. The molecule has 1 unspecified atom stereocenters. The number of hydrogen-bond donors (Lipinski definition) is 1. The lowest BCUT2D eigenvalue weighted by Gasteiger charge is -2.22. The van der Waals surface area contributed by atoms with Crippen molar-refractivity contribution in [1.82, 2.24) is 0 Å². The molecule has 2 N–H and O–H groups in total. The van der Waals surface area contributed by atoms with Gasteiger partial charge in [-0.3, -0.25) is 0 Å². The van der Waals surface area contributed by atoms with E-state index in [2.05, 4.69) is 26.0 Å². The van der Waals surface area contributed by atoms with Crippen LogP contribution >= 0.6 is 0 Å². The fourth-order valence-corrected chi connectivity index (χ4v) is 2.44. The molecule has 0 saturated heterocycles. The van der Waals surface area contributed by atoms with E-state index >= 15 is 0 Å². The fourth-order valence-electron chi connectivity index (χ4n) is 2.44. The Labute approximate surface area is 116 Å². The van der Waals surface area contributed by atoms with Crippen LogP contribution in [0.5, 0.6) is 5.75 Å². The van der Waals surface area contributed by atoms with Gasteiger partial charge in [0, 0.05) is 12.6 Å². The van der Waals surface area contributed by atoms with Crippen LogP contribution in [-0.4, -0.2) is 19.8 Å². The molecule has 1 aliphatic carbocycles. The maximum Gasteiger partial charge on any atom is 0.119 e. The minimum Gasteiger partial charge on any atom is -0.491 e. The number of rotatable bonds is 6. The van der Waals surface area contributed by atoms with Crippen LogP contribution in [0.15, 0.2) is 18.2 Å². The smallest absolute Gasteiger partial charge is 0.119 e. The second kappa shape index (κ2) is 6.92. The quantitative estimate of drug-likeness (QED) is 0.802. The van der Waals surface area contributed by atoms with Crippen molar-refractivity contribution in [2.75, 3.05) is 19.8 Å². The largest absolute Gasteiger partial charge is 0.491 e. The van der Waals surface area contributed by atoms with E-state index in [4.69, 9.17) is 15.2 Å². The highest BCUT2D eigenvalue weighted by Crippen LogP contribution is 2.30. The molecule has 0 bridgehead atoms. The molecule has 0 fully saturated rings. The second-order valence-corrected chi connectivity index (χ2v) is 5.68. The first kappa shape index (κ1) is 14.4. The zero-order chi connectivity index (χ0) is 13.7. The highest BCUT2D eigenvalue weighted by atomic mass is 16.5. The van der Waals surface area contributed by atoms with Gasteiger partial charge in [-0.05, 0) is 48.4 Å². The summed E-state index contributed by atoms with van der Waals surface area (Å²) in [6.45, 7) is 6.32. The van der Waals surface area contributed by atoms with Gasteiger partial charge in [-0.1, -0.05) is 19.9 Å². The number of hydrogen-bond acceptors (Lipinski definition) is 3. The van der Waals surface area contributed by atoms with Gasteiger partial charge in [0.25, 0.3) is 0 Å². The number of aryl methyl sites for hydroxylation is 1. The number of nitrogens with two attached hydrogens (primary N) is 1. The van der Waals surface area contributed by atoms with Crippen LogP contribution in [0.1, 0.15) is 43.9 Å². The van der Waals surface area contributed by atoms with Gasteiger partial charge in [0.2, 0.25) is 0 Å². The summed E-state index contributed by atoms with van der Waals surface area (Å²) in [6.07, 6.45) is 3.41. The molecule has 3 heteroatoms. The van der Waals surface area contributed by atoms with Crippen LogP contribution in [-0.2, 0) is 11.2 Å². The van der Waals surface area contributed by atoms with Gasteiger partial charge in [0.05, 0.1) is 6.61 Å². The minimum absolute atomic E-state index is 0.171. The Morgan fingerprint density at radius 1 is 1.32 bits per heavy atom. The van der Waals surface area contributed by atoms with Crippen molar-refractivity contribution in [3.63, 3.8) is 0 Å². The Hall–Kier alpha value is -1.06. The zero-order valence-electron chi connectivity index (χ0n) is 12.0. The molecule has 0 aliphatic heterocycles. The van der Waals surface area contributed by atoms with Gasteiger partial charge in [0.1, 0.15) is 12.4 Å². The SMILES string of the molecule is CC(C)COCCOc1ccc2c(c1)C(N)CCC2.